The number of nitrogens with one attached hydrogen (secondary N) is 1. The molecule has 2 N–H and O–H groups in total. The molecule has 0 aliphatic carbocycles. The lowest BCUT2D eigenvalue weighted by molar-refractivity contribution is 0.0200. The molecule has 0 aromatic carbocycles. The van der Waals surface area contributed by atoms with Crippen molar-refractivity contribution in [2.24, 2.45) is 0 Å². The Kier molecular flexibility index (Phi) is 4.80. The van der Waals surface area contributed by atoms with Crippen LogP contribution in [0.2, 0.25) is 0 Å². The molecule has 0 spiro atoms. The van der Waals surface area contributed by atoms with Gasteiger partial charge in [-0.25, -0.2) is 13.1 Å². The molecule has 14 heavy (non-hydrogen) atoms. The van der Waals surface area contributed by atoms with Gasteiger partial charge in [0.15, 0.2) is 0 Å². The number of aliphatic hydroxyl groups excluding tert-OH is 1. The molecule has 84 valence electrons. The lowest BCUT2D eigenvalue weighted by Crippen LogP contribution is -2.37. The Bertz CT molecular complexity index is 246. The van der Waals surface area contributed by atoms with Gasteiger partial charge in [-0.15, -0.1) is 0 Å². The highest BCUT2D eigenvalue weighted by Gasteiger charge is 2.16. The van der Waals surface area contributed by atoms with Gasteiger partial charge in [0.05, 0.1) is 18.5 Å². The maximum absolute atomic E-state index is 11.1. The Morgan fingerprint density at radius 2 is 2.21 bits per heavy atom. The Labute approximate surface area is 84.5 Å². The first-order valence-electron chi connectivity index (χ1n) is 4.84. The van der Waals surface area contributed by atoms with Crippen molar-refractivity contribution in [3.8, 4) is 0 Å². The fourth-order valence-electron chi connectivity index (χ4n) is 1.38. The molecule has 1 fully saturated rings. The molecule has 0 saturated carbocycles. The van der Waals surface area contributed by atoms with Crippen LogP contribution in [0.15, 0.2) is 0 Å². The van der Waals surface area contributed by atoms with Crippen LogP contribution < -0.4 is 4.72 Å². The average Bonchev–Trinajstić information content (AvgIpc) is 2.17. The van der Waals surface area contributed by atoms with Crippen LogP contribution in [0, 0.1) is 0 Å². The zero-order valence-corrected chi connectivity index (χ0v) is 8.92. The van der Waals surface area contributed by atoms with E-state index in [1.54, 1.807) is 0 Å². The lowest BCUT2D eigenvalue weighted by atomic mass is 10.1. The van der Waals surface area contributed by atoms with Crippen LogP contribution in [-0.4, -0.2) is 45.1 Å². The standard InChI is InChI=1S/C8H17NO4S/c10-4-6-14(11,12)9-7-8-3-1-2-5-13-8/h8-10H,1-7H2. The predicted octanol–water partition coefficient (Wildman–Crippen LogP) is -0.533. The topological polar surface area (TPSA) is 75.6 Å². The van der Waals surface area contributed by atoms with E-state index in [0.29, 0.717) is 13.2 Å². The van der Waals surface area contributed by atoms with Gasteiger partial charge in [-0.3, -0.25) is 0 Å². The number of hydrogen-bond donors (Lipinski definition) is 2. The van der Waals surface area contributed by atoms with Crippen molar-refractivity contribution in [1.82, 2.24) is 4.72 Å². The van der Waals surface area contributed by atoms with Crippen molar-refractivity contribution in [2.75, 3.05) is 25.5 Å². The van der Waals surface area contributed by atoms with Crippen LogP contribution in [0.25, 0.3) is 0 Å². The first-order chi connectivity index (χ1) is 6.64. The van der Waals surface area contributed by atoms with Gasteiger partial charge in [0.2, 0.25) is 10.0 Å². The van der Waals surface area contributed by atoms with Gasteiger partial charge in [0.1, 0.15) is 0 Å². The smallest absolute Gasteiger partial charge is 0.213 e. The van der Waals surface area contributed by atoms with Gasteiger partial charge >= 0.3 is 0 Å². The molecule has 0 amide bonds. The third kappa shape index (κ3) is 4.36. The van der Waals surface area contributed by atoms with Crippen LogP contribution in [0.1, 0.15) is 19.3 Å². The third-order valence-corrected chi connectivity index (χ3v) is 3.49. The van der Waals surface area contributed by atoms with Crippen molar-refractivity contribution in [2.45, 2.75) is 25.4 Å². The highest BCUT2D eigenvalue weighted by Crippen LogP contribution is 2.11. The molecular weight excluding hydrogens is 206 g/mol. The van der Waals surface area contributed by atoms with E-state index in [1.165, 1.54) is 0 Å². The molecule has 1 atom stereocenters. The molecule has 1 heterocycles. The second-order valence-electron chi connectivity index (χ2n) is 3.38. The van der Waals surface area contributed by atoms with Gasteiger partial charge in [0, 0.05) is 13.2 Å². The minimum atomic E-state index is -3.31. The fourth-order valence-corrected chi connectivity index (χ4v) is 2.21. The summed E-state index contributed by atoms with van der Waals surface area (Å²) in [5.74, 6) is -0.236. The van der Waals surface area contributed by atoms with Crippen molar-refractivity contribution in [1.29, 1.82) is 0 Å². The number of ether oxygens (including phenoxy) is 1. The van der Waals surface area contributed by atoms with Crippen LogP contribution in [0.3, 0.4) is 0 Å². The molecule has 6 heteroatoms. The van der Waals surface area contributed by atoms with E-state index >= 15 is 0 Å². The maximum Gasteiger partial charge on any atom is 0.213 e. The summed E-state index contributed by atoms with van der Waals surface area (Å²) in [6, 6.07) is 0. The quantitative estimate of drug-likeness (QED) is 0.657. The molecule has 1 saturated heterocycles. The molecule has 1 rings (SSSR count). The average molecular weight is 223 g/mol. The maximum atomic E-state index is 11.1. The molecular formula is C8H17NO4S. The first-order valence-corrected chi connectivity index (χ1v) is 6.49. The Balaban J connectivity index is 2.24. The van der Waals surface area contributed by atoms with Gasteiger partial charge in [-0.2, -0.15) is 0 Å². The highest BCUT2D eigenvalue weighted by molar-refractivity contribution is 7.89. The van der Waals surface area contributed by atoms with E-state index < -0.39 is 10.0 Å². The van der Waals surface area contributed by atoms with E-state index in [2.05, 4.69) is 4.72 Å². The number of rotatable bonds is 5. The van der Waals surface area contributed by atoms with E-state index in [1.807, 2.05) is 0 Å². The van der Waals surface area contributed by atoms with Crippen LogP contribution in [0.5, 0.6) is 0 Å². The summed E-state index contributed by atoms with van der Waals surface area (Å²) in [6.45, 7) is 0.690. The second-order valence-corrected chi connectivity index (χ2v) is 5.31. The third-order valence-electron chi connectivity index (χ3n) is 2.16. The Morgan fingerprint density at radius 1 is 1.43 bits per heavy atom. The normalized spacial score (nSPS) is 23.6. The van der Waals surface area contributed by atoms with Crippen molar-refractivity contribution in [3.63, 3.8) is 0 Å². The van der Waals surface area contributed by atoms with Crippen LogP contribution >= 0.6 is 0 Å². The number of hydrogen-bond acceptors (Lipinski definition) is 4. The van der Waals surface area contributed by atoms with Gasteiger partial charge in [-0.05, 0) is 19.3 Å². The first kappa shape index (κ1) is 11.9. The minimum Gasteiger partial charge on any atom is -0.395 e. The van der Waals surface area contributed by atoms with Gasteiger partial charge < -0.3 is 9.84 Å². The van der Waals surface area contributed by atoms with Crippen molar-refractivity contribution >= 4 is 10.0 Å². The van der Waals surface area contributed by atoms with Gasteiger partial charge in [0.25, 0.3) is 0 Å². The van der Waals surface area contributed by atoms with E-state index in [-0.39, 0.29) is 18.5 Å². The SMILES string of the molecule is O=S(=O)(CCO)NCC1CCCCO1. The number of sulfonamides is 1. The summed E-state index contributed by atoms with van der Waals surface area (Å²) in [7, 11) is -3.31. The fraction of sp³-hybridized carbons (Fsp3) is 1.00. The molecule has 5 nitrogen and oxygen atoms in total. The zero-order valence-electron chi connectivity index (χ0n) is 8.11. The lowest BCUT2D eigenvalue weighted by Gasteiger charge is -2.22. The summed E-state index contributed by atoms with van der Waals surface area (Å²) in [6.07, 6.45) is 3.05. The van der Waals surface area contributed by atoms with Gasteiger partial charge in [-0.1, -0.05) is 0 Å². The van der Waals surface area contributed by atoms with Crippen LogP contribution in [0.4, 0.5) is 0 Å². The monoisotopic (exact) mass is 223 g/mol. The summed E-state index contributed by atoms with van der Waals surface area (Å²) < 4.78 is 30.1. The summed E-state index contributed by atoms with van der Waals surface area (Å²) in [5, 5.41) is 8.49. The largest absolute Gasteiger partial charge is 0.395 e. The zero-order chi connectivity index (χ0) is 10.4. The Morgan fingerprint density at radius 3 is 2.79 bits per heavy atom. The van der Waals surface area contributed by atoms with E-state index in [4.69, 9.17) is 9.84 Å². The molecule has 1 aliphatic rings. The molecule has 0 aromatic heterocycles. The van der Waals surface area contributed by atoms with E-state index in [9.17, 15) is 8.42 Å². The summed E-state index contributed by atoms with van der Waals surface area (Å²) in [4.78, 5) is 0. The summed E-state index contributed by atoms with van der Waals surface area (Å²) in [5.41, 5.74) is 0. The highest BCUT2D eigenvalue weighted by atomic mass is 32.2. The molecule has 0 radical (unpaired) electrons. The molecule has 0 aromatic rings. The predicted molar refractivity (Wildman–Crippen MR) is 52.5 cm³/mol. The van der Waals surface area contributed by atoms with Crippen LogP contribution in [-0.2, 0) is 14.8 Å². The Hall–Kier alpha value is -0.170. The van der Waals surface area contributed by atoms with Crippen molar-refractivity contribution < 1.29 is 18.3 Å². The molecule has 0 bridgehead atoms. The van der Waals surface area contributed by atoms with E-state index in [0.717, 1.165) is 19.3 Å². The number of aliphatic hydroxyl groups is 1. The molecule has 1 aliphatic heterocycles. The van der Waals surface area contributed by atoms with Crippen molar-refractivity contribution in [3.05, 3.63) is 0 Å². The minimum absolute atomic E-state index is 0.00258. The summed E-state index contributed by atoms with van der Waals surface area (Å²) >= 11 is 0. The molecule has 1 unspecified atom stereocenters. The second kappa shape index (κ2) is 5.65.